The van der Waals surface area contributed by atoms with E-state index in [2.05, 4.69) is 26.1 Å². The van der Waals surface area contributed by atoms with E-state index >= 15 is 0 Å². The van der Waals surface area contributed by atoms with Crippen LogP contribution in [0.5, 0.6) is 0 Å². The topological polar surface area (TPSA) is 32.3 Å². The SMILES string of the molecule is CCC(C)(C)CNCC(C)O. The molecule has 2 nitrogen and oxygen atoms in total. The lowest BCUT2D eigenvalue weighted by Crippen LogP contribution is -2.33. The van der Waals surface area contributed by atoms with Crippen molar-refractivity contribution >= 4 is 0 Å². The molecule has 2 N–H and O–H groups in total. The summed E-state index contributed by atoms with van der Waals surface area (Å²) < 4.78 is 0. The van der Waals surface area contributed by atoms with Crippen LogP contribution >= 0.6 is 0 Å². The van der Waals surface area contributed by atoms with Crippen molar-refractivity contribution in [1.82, 2.24) is 5.32 Å². The van der Waals surface area contributed by atoms with Gasteiger partial charge in [-0.2, -0.15) is 0 Å². The molecule has 0 spiro atoms. The minimum absolute atomic E-state index is 0.234. The molecule has 11 heavy (non-hydrogen) atoms. The summed E-state index contributed by atoms with van der Waals surface area (Å²) in [5.41, 5.74) is 0.356. The Kier molecular flexibility index (Phi) is 4.69. The van der Waals surface area contributed by atoms with Crippen molar-refractivity contribution in [3.05, 3.63) is 0 Å². The van der Waals surface area contributed by atoms with Crippen molar-refractivity contribution in [2.45, 2.75) is 40.2 Å². The molecule has 0 fully saturated rings. The molecular weight excluding hydrogens is 138 g/mol. The third-order valence-electron chi connectivity index (χ3n) is 2.00. The second-order valence-corrected chi connectivity index (χ2v) is 4.00. The molecule has 0 aliphatic rings. The Hall–Kier alpha value is -0.0800. The fourth-order valence-electron chi connectivity index (χ4n) is 0.744. The standard InChI is InChI=1S/C9H21NO/c1-5-9(3,4)7-10-6-8(2)11/h8,10-11H,5-7H2,1-4H3. The molecule has 1 atom stereocenters. The van der Waals surface area contributed by atoms with Crippen LogP contribution in [0.4, 0.5) is 0 Å². The van der Waals surface area contributed by atoms with Crippen LogP contribution in [0, 0.1) is 5.41 Å². The van der Waals surface area contributed by atoms with Crippen LogP contribution in [0.25, 0.3) is 0 Å². The van der Waals surface area contributed by atoms with E-state index in [0.717, 1.165) is 6.54 Å². The Morgan fingerprint density at radius 1 is 1.45 bits per heavy atom. The Morgan fingerprint density at radius 3 is 2.36 bits per heavy atom. The zero-order chi connectivity index (χ0) is 8.91. The Morgan fingerprint density at radius 2 is 2.00 bits per heavy atom. The van der Waals surface area contributed by atoms with E-state index in [0.29, 0.717) is 12.0 Å². The van der Waals surface area contributed by atoms with Gasteiger partial charge in [-0.3, -0.25) is 0 Å². The quantitative estimate of drug-likeness (QED) is 0.635. The monoisotopic (exact) mass is 159 g/mol. The molecule has 0 aromatic carbocycles. The third-order valence-corrected chi connectivity index (χ3v) is 2.00. The zero-order valence-electron chi connectivity index (χ0n) is 8.15. The summed E-state index contributed by atoms with van der Waals surface area (Å²) >= 11 is 0. The van der Waals surface area contributed by atoms with Gasteiger partial charge in [0.25, 0.3) is 0 Å². The van der Waals surface area contributed by atoms with Crippen molar-refractivity contribution in [2.24, 2.45) is 5.41 Å². The first kappa shape index (κ1) is 10.9. The average molecular weight is 159 g/mol. The van der Waals surface area contributed by atoms with Crippen LogP contribution in [0.15, 0.2) is 0 Å². The van der Waals surface area contributed by atoms with Gasteiger partial charge in [0.15, 0.2) is 0 Å². The molecule has 68 valence electrons. The van der Waals surface area contributed by atoms with Gasteiger partial charge in [0, 0.05) is 13.1 Å². The normalized spacial score (nSPS) is 15.0. The van der Waals surface area contributed by atoms with Crippen molar-refractivity contribution in [1.29, 1.82) is 0 Å². The molecule has 0 saturated carbocycles. The Balaban J connectivity index is 3.38. The summed E-state index contributed by atoms with van der Waals surface area (Å²) in [7, 11) is 0. The van der Waals surface area contributed by atoms with Gasteiger partial charge >= 0.3 is 0 Å². The van der Waals surface area contributed by atoms with E-state index < -0.39 is 0 Å². The molecule has 0 heterocycles. The van der Waals surface area contributed by atoms with E-state index in [1.165, 1.54) is 6.42 Å². The Labute approximate surface area is 70.0 Å². The fraction of sp³-hybridized carbons (Fsp3) is 1.00. The first-order valence-electron chi connectivity index (χ1n) is 4.37. The van der Waals surface area contributed by atoms with Gasteiger partial charge in [-0.15, -0.1) is 0 Å². The lowest BCUT2D eigenvalue weighted by Gasteiger charge is -2.23. The molecule has 2 heteroatoms. The van der Waals surface area contributed by atoms with Gasteiger partial charge in [-0.05, 0) is 18.8 Å². The second-order valence-electron chi connectivity index (χ2n) is 4.00. The molecule has 0 amide bonds. The number of aliphatic hydroxyl groups excluding tert-OH is 1. The van der Waals surface area contributed by atoms with Gasteiger partial charge in [-0.1, -0.05) is 20.8 Å². The molecule has 0 aromatic heterocycles. The van der Waals surface area contributed by atoms with Gasteiger partial charge in [0.2, 0.25) is 0 Å². The first-order chi connectivity index (χ1) is 4.98. The van der Waals surface area contributed by atoms with Crippen LogP contribution in [0.3, 0.4) is 0 Å². The van der Waals surface area contributed by atoms with E-state index in [1.54, 1.807) is 6.92 Å². The van der Waals surface area contributed by atoms with E-state index in [-0.39, 0.29) is 6.10 Å². The molecule has 0 aliphatic carbocycles. The fourth-order valence-corrected chi connectivity index (χ4v) is 0.744. The summed E-state index contributed by atoms with van der Waals surface area (Å²) in [6, 6.07) is 0. The minimum Gasteiger partial charge on any atom is -0.392 e. The number of hydrogen-bond donors (Lipinski definition) is 2. The molecular formula is C9H21NO. The number of rotatable bonds is 5. The van der Waals surface area contributed by atoms with Crippen LogP contribution in [-0.4, -0.2) is 24.3 Å². The van der Waals surface area contributed by atoms with Crippen LogP contribution < -0.4 is 5.32 Å². The van der Waals surface area contributed by atoms with Crippen molar-refractivity contribution < 1.29 is 5.11 Å². The molecule has 0 bridgehead atoms. The van der Waals surface area contributed by atoms with Crippen LogP contribution in [0.2, 0.25) is 0 Å². The molecule has 0 radical (unpaired) electrons. The van der Waals surface area contributed by atoms with Crippen molar-refractivity contribution in [3.63, 3.8) is 0 Å². The maximum Gasteiger partial charge on any atom is 0.0636 e. The molecule has 1 unspecified atom stereocenters. The number of nitrogens with one attached hydrogen (secondary N) is 1. The largest absolute Gasteiger partial charge is 0.392 e. The highest BCUT2D eigenvalue weighted by atomic mass is 16.3. The molecule has 0 aliphatic heterocycles. The van der Waals surface area contributed by atoms with Crippen molar-refractivity contribution in [2.75, 3.05) is 13.1 Å². The summed E-state index contributed by atoms with van der Waals surface area (Å²) in [6.45, 7) is 10.1. The van der Waals surface area contributed by atoms with Gasteiger partial charge < -0.3 is 10.4 Å². The molecule has 0 rings (SSSR count). The summed E-state index contributed by atoms with van der Waals surface area (Å²) in [5, 5.41) is 12.2. The highest BCUT2D eigenvalue weighted by Crippen LogP contribution is 2.17. The lowest BCUT2D eigenvalue weighted by molar-refractivity contribution is 0.183. The second kappa shape index (κ2) is 4.73. The lowest BCUT2D eigenvalue weighted by atomic mass is 9.90. The highest BCUT2D eigenvalue weighted by Gasteiger charge is 2.13. The maximum absolute atomic E-state index is 8.96. The van der Waals surface area contributed by atoms with Crippen LogP contribution in [-0.2, 0) is 0 Å². The van der Waals surface area contributed by atoms with Gasteiger partial charge in [0.1, 0.15) is 0 Å². The summed E-state index contributed by atoms with van der Waals surface area (Å²) in [5.74, 6) is 0. The van der Waals surface area contributed by atoms with Crippen molar-refractivity contribution in [3.8, 4) is 0 Å². The predicted molar refractivity (Wildman–Crippen MR) is 48.6 cm³/mol. The molecule has 0 saturated heterocycles. The zero-order valence-corrected chi connectivity index (χ0v) is 8.15. The summed E-state index contributed by atoms with van der Waals surface area (Å²) in [6.07, 6.45) is 0.933. The minimum atomic E-state index is -0.234. The first-order valence-corrected chi connectivity index (χ1v) is 4.37. The van der Waals surface area contributed by atoms with E-state index in [1.807, 2.05) is 0 Å². The number of hydrogen-bond acceptors (Lipinski definition) is 2. The third kappa shape index (κ3) is 6.32. The van der Waals surface area contributed by atoms with Gasteiger partial charge in [0.05, 0.1) is 6.10 Å². The van der Waals surface area contributed by atoms with Gasteiger partial charge in [-0.25, -0.2) is 0 Å². The number of aliphatic hydroxyl groups is 1. The van der Waals surface area contributed by atoms with Crippen LogP contribution in [0.1, 0.15) is 34.1 Å². The van der Waals surface area contributed by atoms with E-state index in [9.17, 15) is 0 Å². The summed E-state index contributed by atoms with van der Waals surface area (Å²) in [4.78, 5) is 0. The molecule has 0 aromatic rings. The smallest absolute Gasteiger partial charge is 0.0636 e. The highest BCUT2D eigenvalue weighted by molar-refractivity contribution is 4.69. The predicted octanol–water partition coefficient (Wildman–Crippen LogP) is 1.39. The average Bonchev–Trinajstić information content (AvgIpc) is 1.87. The Bertz CT molecular complexity index is 99.7. The van der Waals surface area contributed by atoms with E-state index in [4.69, 9.17) is 5.11 Å². The maximum atomic E-state index is 8.96.